The highest BCUT2D eigenvalue weighted by Gasteiger charge is 2.16. The molecular weight excluding hydrogens is 249 g/mol. The zero-order valence-corrected chi connectivity index (χ0v) is 10.4. The van der Waals surface area contributed by atoms with E-state index in [2.05, 4.69) is 0 Å². The molecule has 0 spiro atoms. The molecule has 0 aliphatic rings. The van der Waals surface area contributed by atoms with Crippen molar-refractivity contribution in [2.24, 2.45) is 5.84 Å². The fraction of sp³-hybridized carbons (Fsp3) is 0.154. The van der Waals surface area contributed by atoms with Crippen molar-refractivity contribution in [2.75, 3.05) is 11.9 Å². The second-order valence-corrected chi connectivity index (χ2v) is 4.04. The van der Waals surface area contributed by atoms with E-state index in [1.807, 2.05) is 5.43 Å². The summed E-state index contributed by atoms with van der Waals surface area (Å²) in [6, 6.07) is 7.91. The first-order chi connectivity index (χ1) is 9.13. The lowest BCUT2D eigenvalue weighted by atomic mass is 10.2. The normalized spacial score (nSPS) is 10.3. The Morgan fingerprint density at radius 1 is 1.42 bits per heavy atom. The Labute approximate surface area is 109 Å². The minimum absolute atomic E-state index is 0.261. The Kier molecular flexibility index (Phi) is 3.82. The van der Waals surface area contributed by atoms with Crippen LogP contribution >= 0.6 is 0 Å². The van der Waals surface area contributed by atoms with Gasteiger partial charge >= 0.3 is 0 Å². The topological polar surface area (TPSA) is 71.5 Å². The maximum atomic E-state index is 13.6. The Morgan fingerprint density at radius 3 is 2.84 bits per heavy atom. The van der Waals surface area contributed by atoms with Crippen LogP contribution in [0.15, 0.2) is 41.0 Å². The molecule has 1 aromatic heterocycles. The molecule has 0 fully saturated rings. The van der Waals surface area contributed by atoms with Crippen LogP contribution in [0.25, 0.3) is 0 Å². The Balaban J connectivity index is 2.20. The van der Waals surface area contributed by atoms with E-state index in [1.54, 1.807) is 30.1 Å². The maximum absolute atomic E-state index is 13.6. The third kappa shape index (κ3) is 2.74. The molecule has 2 aromatic rings. The zero-order chi connectivity index (χ0) is 13.8. The zero-order valence-electron chi connectivity index (χ0n) is 10.4. The van der Waals surface area contributed by atoms with Crippen LogP contribution < -0.4 is 16.2 Å². The average molecular weight is 263 g/mol. The molecule has 6 heteroatoms. The molecule has 0 aliphatic heterocycles. The molecule has 100 valence electrons. The van der Waals surface area contributed by atoms with Gasteiger partial charge in [-0.25, -0.2) is 10.2 Å². The standard InChI is InChI=1S/C13H14FN3O2/c1-17(11-5-3-2-4-10(11)14)8-12-9(6-7-19-12)13(18)16-15/h2-7H,8,15H2,1H3,(H,16,18). The van der Waals surface area contributed by atoms with E-state index in [-0.39, 0.29) is 12.4 Å². The smallest absolute Gasteiger partial charge is 0.268 e. The second-order valence-electron chi connectivity index (χ2n) is 4.04. The van der Waals surface area contributed by atoms with Crippen molar-refractivity contribution >= 4 is 11.6 Å². The molecule has 1 amide bonds. The molecule has 0 atom stereocenters. The Hall–Kier alpha value is -2.34. The van der Waals surface area contributed by atoms with Crippen LogP contribution in [0, 0.1) is 5.82 Å². The van der Waals surface area contributed by atoms with Crippen LogP contribution in [0.2, 0.25) is 0 Å². The first kappa shape index (κ1) is 13.1. The van der Waals surface area contributed by atoms with Crippen LogP contribution in [0.4, 0.5) is 10.1 Å². The number of hydrogen-bond acceptors (Lipinski definition) is 4. The van der Waals surface area contributed by atoms with E-state index in [0.29, 0.717) is 17.0 Å². The molecular formula is C13H14FN3O2. The quantitative estimate of drug-likeness (QED) is 0.500. The lowest BCUT2D eigenvalue weighted by Gasteiger charge is -2.19. The number of anilines is 1. The molecule has 0 unspecified atom stereocenters. The van der Waals surface area contributed by atoms with Crippen molar-refractivity contribution in [3.63, 3.8) is 0 Å². The van der Waals surface area contributed by atoms with Gasteiger partial charge in [-0.05, 0) is 18.2 Å². The lowest BCUT2D eigenvalue weighted by molar-refractivity contribution is 0.0951. The highest BCUT2D eigenvalue weighted by Crippen LogP contribution is 2.21. The van der Waals surface area contributed by atoms with Crippen LogP contribution in [-0.4, -0.2) is 13.0 Å². The molecule has 3 N–H and O–H groups in total. The minimum atomic E-state index is -0.439. The van der Waals surface area contributed by atoms with Crippen molar-refractivity contribution in [1.82, 2.24) is 5.43 Å². The van der Waals surface area contributed by atoms with Gasteiger partial charge in [0.2, 0.25) is 0 Å². The van der Waals surface area contributed by atoms with E-state index in [9.17, 15) is 9.18 Å². The number of rotatable bonds is 4. The number of hydrogen-bond donors (Lipinski definition) is 2. The van der Waals surface area contributed by atoms with Gasteiger partial charge in [-0.15, -0.1) is 0 Å². The van der Waals surface area contributed by atoms with Crippen LogP contribution in [0.3, 0.4) is 0 Å². The summed E-state index contributed by atoms with van der Waals surface area (Å²) >= 11 is 0. The number of nitrogen functional groups attached to an aromatic ring is 1. The van der Waals surface area contributed by atoms with E-state index in [1.165, 1.54) is 18.4 Å². The van der Waals surface area contributed by atoms with Crippen LogP contribution in [0.1, 0.15) is 16.1 Å². The fourth-order valence-electron chi connectivity index (χ4n) is 1.81. The minimum Gasteiger partial charge on any atom is -0.467 e. The SMILES string of the molecule is CN(Cc1occc1C(=O)NN)c1ccccc1F. The second kappa shape index (κ2) is 5.53. The summed E-state index contributed by atoms with van der Waals surface area (Å²) in [6.45, 7) is 0.261. The predicted molar refractivity (Wildman–Crippen MR) is 68.9 cm³/mol. The van der Waals surface area contributed by atoms with Crippen molar-refractivity contribution in [2.45, 2.75) is 6.54 Å². The molecule has 19 heavy (non-hydrogen) atoms. The first-order valence-corrected chi connectivity index (χ1v) is 5.66. The number of nitrogens with zero attached hydrogens (tertiary/aromatic N) is 1. The van der Waals surface area contributed by atoms with Gasteiger partial charge in [0.1, 0.15) is 11.6 Å². The van der Waals surface area contributed by atoms with E-state index in [4.69, 9.17) is 10.3 Å². The highest BCUT2D eigenvalue weighted by molar-refractivity contribution is 5.94. The third-order valence-electron chi connectivity index (χ3n) is 2.77. The van der Waals surface area contributed by atoms with Gasteiger partial charge in [0, 0.05) is 7.05 Å². The number of nitrogens with two attached hydrogens (primary N) is 1. The van der Waals surface area contributed by atoms with Crippen molar-refractivity contribution < 1.29 is 13.6 Å². The maximum Gasteiger partial charge on any atom is 0.268 e. The molecule has 1 heterocycles. The van der Waals surface area contributed by atoms with Gasteiger partial charge in [0.15, 0.2) is 0 Å². The third-order valence-corrected chi connectivity index (χ3v) is 2.77. The summed E-state index contributed by atoms with van der Waals surface area (Å²) in [5.74, 6) is 4.74. The number of benzene rings is 1. The van der Waals surface area contributed by atoms with Crippen molar-refractivity contribution in [1.29, 1.82) is 0 Å². The number of halogens is 1. The first-order valence-electron chi connectivity index (χ1n) is 5.66. The largest absolute Gasteiger partial charge is 0.467 e. The van der Waals surface area contributed by atoms with Gasteiger partial charge in [-0.2, -0.15) is 0 Å². The van der Waals surface area contributed by atoms with Crippen LogP contribution in [-0.2, 0) is 6.54 Å². The molecule has 1 aromatic carbocycles. The van der Waals surface area contributed by atoms with Gasteiger partial charge in [0.05, 0.1) is 24.1 Å². The number of furan rings is 1. The fourth-order valence-corrected chi connectivity index (χ4v) is 1.81. The summed E-state index contributed by atoms with van der Waals surface area (Å²) in [5.41, 5.74) is 2.81. The van der Waals surface area contributed by atoms with E-state index < -0.39 is 5.91 Å². The molecule has 5 nitrogen and oxygen atoms in total. The van der Waals surface area contributed by atoms with Crippen molar-refractivity contribution in [3.05, 3.63) is 53.7 Å². The average Bonchev–Trinajstić information content (AvgIpc) is 2.86. The van der Waals surface area contributed by atoms with Gasteiger partial charge < -0.3 is 9.32 Å². The molecule has 0 aliphatic carbocycles. The molecule has 0 bridgehead atoms. The van der Waals surface area contributed by atoms with Gasteiger partial charge in [-0.3, -0.25) is 10.2 Å². The Morgan fingerprint density at radius 2 is 2.16 bits per heavy atom. The number of amides is 1. The lowest BCUT2D eigenvalue weighted by Crippen LogP contribution is -2.31. The van der Waals surface area contributed by atoms with Gasteiger partial charge in [0.25, 0.3) is 5.91 Å². The van der Waals surface area contributed by atoms with Gasteiger partial charge in [-0.1, -0.05) is 12.1 Å². The molecule has 0 saturated carbocycles. The molecule has 0 saturated heterocycles. The molecule has 2 rings (SSSR count). The summed E-state index contributed by atoms with van der Waals surface area (Å²) in [5, 5.41) is 0. The summed E-state index contributed by atoms with van der Waals surface area (Å²) in [7, 11) is 1.71. The van der Waals surface area contributed by atoms with E-state index >= 15 is 0 Å². The number of para-hydroxylation sites is 1. The number of carbonyl (C=O) groups excluding carboxylic acids is 1. The summed E-state index contributed by atoms with van der Waals surface area (Å²) < 4.78 is 18.9. The number of hydrazine groups is 1. The van der Waals surface area contributed by atoms with E-state index in [0.717, 1.165) is 0 Å². The number of nitrogens with one attached hydrogen (secondary N) is 1. The van der Waals surface area contributed by atoms with Crippen LogP contribution in [0.5, 0.6) is 0 Å². The predicted octanol–water partition coefficient (Wildman–Crippen LogP) is 1.66. The number of carbonyl (C=O) groups is 1. The summed E-state index contributed by atoms with van der Waals surface area (Å²) in [6.07, 6.45) is 1.40. The highest BCUT2D eigenvalue weighted by atomic mass is 19.1. The van der Waals surface area contributed by atoms with Crippen molar-refractivity contribution in [3.8, 4) is 0 Å². The monoisotopic (exact) mass is 263 g/mol. The summed E-state index contributed by atoms with van der Waals surface area (Å²) in [4.78, 5) is 13.1. The molecule has 0 radical (unpaired) electrons. The Bertz CT molecular complexity index is 583.